The number of hydrogen-bond donors (Lipinski definition) is 0. The number of likely N-dealkylation sites (N-methyl/N-ethyl adjacent to an activating group) is 1. The minimum absolute atomic E-state index is 0.456. The number of fused-ring (bicyclic) bond motifs is 5. The summed E-state index contributed by atoms with van der Waals surface area (Å²) in [4.78, 5) is 9.42. The Morgan fingerprint density at radius 2 is 2.00 bits per heavy atom. The van der Waals surface area contributed by atoms with Gasteiger partial charge in [-0.15, -0.1) is 0 Å². The first-order chi connectivity index (χ1) is 10.3. The predicted octanol–water partition coefficient (Wildman–Crippen LogP) is 2.87. The van der Waals surface area contributed by atoms with Crippen LogP contribution >= 0.6 is 0 Å². The molecule has 0 saturated carbocycles. The van der Waals surface area contributed by atoms with Crippen molar-refractivity contribution in [2.75, 3.05) is 31.6 Å². The highest BCUT2D eigenvalue weighted by atomic mass is 15.2. The van der Waals surface area contributed by atoms with Crippen LogP contribution in [0, 0.1) is 0 Å². The largest absolute Gasteiger partial charge is 0.363 e. The van der Waals surface area contributed by atoms with Crippen LogP contribution in [0.4, 0.5) is 5.69 Å². The van der Waals surface area contributed by atoms with E-state index in [9.17, 15) is 0 Å². The molecule has 2 aliphatic rings. The van der Waals surface area contributed by atoms with Crippen molar-refractivity contribution in [1.29, 1.82) is 0 Å². The smallest absolute Gasteiger partial charge is 0.0672 e. The molecule has 1 atom stereocenters. The van der Waals surface area contributed by atoms with E-state index < -0.39 is 0 Å². The first-order valence-corrected chi connectivity index (χ1v) is 7.79. The molecule has 0 amide bonds. The Hall–Kier alpha value is -1.87. The van der Waals surface area contributed by atoms with E-state index in [0.717, 1.165) is 19.5 Å². The summed E-state index contributed by atoms with van der Waals surface area (Å²) < 4.78 is 0. The van der Waals surface area contributed by atoms with Crippen LogP contribution in [-0.2, 0) is 6.42 Å². The average molecular weight is 279 g/mol. The van der Waals surface area contributed by atoms with Crippen LogP contribution in [0.25, 0.3) is 0 Å². The average Bonchev–Trinajstić information content (AvgIpc) is 2.76. The van der Waals surface area contributed by atoms with Gasteiger partial charge >= 0.3 is 0 Å². The summed E-state index contributed by atoms with van der Waals surface area (Å²) in [5, 5.41) is 0. The van der Waals surface area contributed by atoms with Crippen molar-refractivity contribution in [2.24, 2.45) is 0 Å². The number of pyridine rings is 1. The van der Waals surface area contributed by atoms with Crippen molar-refractivity contribution in [3.63, 3.8) is 0 Å². The molecule has 1 aromatic carbocycles. The van der Waals surface area contributed by atoms with Crippen LogP contribution in [0.15, 0.2) is 42.7 Å². The van der Waals surface area contributed by atoms with Gasteiger partial charge in [0.15, 0.2) is 0 Å². The van der Waals surface area contributed by atoms with Gasteiger partial charge in [0.1, 0.15) is 0 Å². The van der Waals surface area contributed by atoms with Gasteiger partial charge < -0.3 is 9.80 Å². The maximum atomic E-state index is 4.35. The lowest BCUT2D eigenvalue weighted by Gasteiger charge is -2.33. The molecule has 0 aliphatic carbocycles. The van der Waals surface area contributed by atoms with E-state index in [1.807, 2.05) is 12.4 Å². The van der Waals surface area contributed by atoms with Gasteiger partial charge in [0.25, 0.3) is 0 Å². The fraction of sp³-hybridized carbons (Fsp3) is 0.389. The van der Waals surface area contributed by atoms with Crippen molar-refractivity contribution >= 4 is 5.69 Å². The molecule has 0 radical (unpaired) electrons. The van der Waals surface area contributed by atoms with Gasteiger partial charge in [-0.05, 0) is 42.8 Å². The van der Waals surface area contributed by atoms with Crippen LogP contribution in [0.1, 0.15) is 29.2 Å². The van der Waals surface area contributed by atoms with E-state index in [4.69, 9.17) is 0 Å². The van der Waals surface area contributed by atoms with E-state index >= 15 is 0 Å². The lowest BCUT2D eigenvalue weighted by atomic mass is 9.97. The molecule has 1 saturated heterocycles. The molecule has 0 spiro atoms. The second-order valence-corrected chi connectivity index (χ2v) is 6.20. The monoisotopic (exact) mass is 279 g/mol. The molecule has 4 rings (SSSR count). The van der Waals surface area contributed by atoms with Crippen molar-refractivity contribution < 1.29 is 0 Å². The third kappa shape index (κ3) is 2.22. The van der Waals surface area contributed by atoms with Crippen LogP contribution in [0.5, 0.6) is 0 Å². The molecule has 21 heavy (non-hydrogen) atoms. The van der Waals surface area contributed by atoms with E-state index in [-0.39, 0.29) is 0 Å². The molecule has 2 aromatic rings. The number of hydrogen-bond acceptors (Lipinski definition) is 3. The molecule has 0 N–H and O–H groups in total. The Morgan fingerprint density at radius 3 is 2.95 bits per heavy atom. The molecule has 1 unspecified atom stereocenters. The molecule has 3 heteroatoms. The van der Waals surface area contributed by atoms with Crippen molar-refractivity contribution in [2.45, 2.75) is 18.9 Å². The first-order valence-electron chi connectivity index (χ1n) is 7.79. The van der Waals surface area contributed by atoms with Gasteiger partial charge in [0.05, 0.1) is 6.04 Å². The predicted molar refractivity (Wildman–Crippen MR) is 85.7 cm³/mol. The third-order valence-electron chi connectivity index (χ3n) is 4.78. The SMILES string of the molecule is CN1CCCN2c3ccncc3Cc3ccccc3C2C1. The Morgan fingerprint density at radius 1 is 1.10 bits per heavy atom. The quantitative estimate of drug-likeness (QED) is 0.739. The summed E-state index contributed by atoms with van der Waals surface area (Å²) in [6.07, 6.45) is 6.19. The van der Waals surface area contributed by atoms with Gasteiger partial charge in [0.2, 0.25) is 0 Å². The van der Waals surface area contributed by atoms with Gasteiger partial charge in [-0.2, -0.15) is 0 Å². The topological polar surface area (TPSA) is 19.4 Å². The number of nitrogens with zero attached hydrogens (tertiary/aromatic N) is 3. The summed E-state index contributed by atoms with van der Waals surface area (Å²) in [6.45, 7) is 3.40. The molecular weight excluding hydrogens is 258 g/mol. The summed E-state index contributed by atoms with van der Waals surface area (Å²) in [5.74, 6) is 0. The van der Waals surface area contributed by atoms with Gasteiger partial charge in [-0.3, -0.25) is 4.98 Å². The highest BCUT2D eigenvalue weighted by molar-refractivity contribution is 5.59. The standard InChI is InChI=1S/C18H21N3/c1-20-9-4-10-21-17-7-8-19-12-15(17)11-14-5-2-3-6-16(14)18(21)13-20/h2-3,5-8,12,18H,4,9-11,13H2,1H3. The summed E-state index contributed by atoms with van der Waals surface area (Å²) in [5.41, 5.74) is 5.68. The molecule has 108 valence electrons. The van der Waals surface area contributed by atoms with Crippen LogP contribution < -0.4 is 4.90 Å². The lowest BCUT2D eigenvalue weighted by molar-refractivity contribution is 0.333. The molecule has 1 aromatic heterocycles. The second kappa shape index (κ2) is 5.15. The summed E-state index contributed by atoms with van der Waals surface area (Å²) >= 11 is 0. The molecule has 0 bridgehead atoms. The van der Waals surface area contributed by atoms with E-state index in [1.54, 1.807) is 0 Å². The van der Waals surface area contributed by atoms with Gasteiger partial charge in [-0.1, -0.05) is 24.3 Å². The zero-order valence-corrected chi connectivity index (χ0v) is 12.5. The van der Waals surface area contributed by atoms with Crippen LogP contribution in [0.3, 0.4) is 0 Å². The Labute approximate surface area is 126 Å². The lowest BCUT2D eigenvalue weighted by Crippen LogP contribution is -2.33. The minimum Gasteiger partial charge on any atom is -0.363 e. The maximum absolute atomic E-state index is 4.35. The first kappa shape index (κ1) is 12.8. The number of aromatic nitrogens is 1. The van der Waals surface area contributed by atoms with E-state index in [0.29, 0.717) is 6.04 Å². The molecular formula is C18H21N3. The van der Waals surface area contributed by atoms with E-state index in [1.165, 1.54) is 35.3 Å². The van der Waals surface area contributed by atoms with Crippen LogP contribution in [0.2, 0.25) is 0 Å². The summed E-state index contributed by atoms with van der Waals surface area (Å²) in [6, 6.07) is 11.6. The number of benzene rings is 1. The zero-order chi connectivity index (χ0) is 14.2. The van der Waals surface area contributed by atoms with Crippen LogP contribution in [-0.4, -0.2) is 36.6 Å². The highest BCUT2D eigenvalue weighted by Gasteiger charge is 2.30. The Balaban J connectivity index is 1.90. The number of anilines is 1. The molecule has 3 nitrogen and oxygen atoms in total. The third-order valence-corrected chi connectivity index (χ3v) is 4.78. The second-order valence-electron chi connectivity index (χ2n) is 6.20. The minimum atomic E-state index is 0.456. The number of rotatable bonds is 0. The van der Waals surface area contributed by atoms with Crippen molar-refractivity contribution in [3.8, 4) is 0 Å². The van der Waals surface area contributed by atoms with Crippen molar-refractivity contribution in [1.82, 2.24) is 9.88 Å². The van der Waals surface area contributed by atoms with E-state index in [2.05, 4.69) is 52.2 Å². The molecule has 3 heterocycles. The highest BCUT2D eigenvalue weighted by Crippen LogP contribution is 2.38. The maximum Gasteiger partial charge on any atom is 0.0672 e. The zero-order valence-electron chi connectivity index (χ0n) is 12.5. The molecule has 1 fully saturated rings. The fourth-order valence-electron chi connectivity index (χ4n) is 3.77. The normalized spacial score (nSPS) is 21.8. The van der Waals surface area contributed by atoms with Gasteiger partial charge in [-0.25, -0.2) is 0 Å². The Kier molecular flexibility index (Phi) is 3.15. The van der Waals surface area contributed by atoms with Crippen molar-refractivity contribution in [3.05, 3.63) is 59.4 Å². The summed E-state index contributed by atoms with van der Waals surface area (Å²) in [7, 11) is 2.24. The molecule has 2 aliphatic heterocycles. The fourth-order valence-corrected chi connectivity index (χ4v) is 3.77. The van der Waals surface area contributed by atoms with Gasteiger partial charge in [0, 0.05) is 37.6 Å². The Bertz CT molecular complexity index is 652.